The van der Waals surface area contributed by atoms with Gasteiger partial charge in [0.05, 0.1) is 24.4 Å². The second-order valence-electron chi connectivity index (χ2n) is 9.87. The third kappa shape index (κ3) is 7.35. The number of carbonyl (C=O) groups is 1. The van der Waals surface area contributed by atoms with Crippen LogP contribution in [-0.2, 0) is 11.3 Å². The molecule has 194 valence electrons. The standard InChI is InChI=1S/C27H34F2N4O3/c1-27(2,3)24(30-13-12-20(17-36-4)31-26(34)35)25-32-23(21-14-19(28)10-11-22(21)29)16-33(25)15-18-8-6-5-7-9-18/h5-11,14,16,20,24,30-31H,12-13,15,17H2,1-4H3,(H,34,35)/t20-,24-/m0/s1. The summed E-state index contributed by atoms with van der Waals surface area (Å²) in [5.41, 5.74) is 1.19. The molecule has 0 aliphatic rings. The minimum absolute atomic E-state index is 0.0986. The van der Waals surface area contributed by atoms with Crippen LogP contribution in [0.2, 0.25) is 0 Å². The highest BCUT2D eigenvalue weighted by atomic mass is 19.1. The lowest BCUT2D eigenvalue weighted by molar-refractivity contribution is 0.146. The van der Waals surface area contributed by atoms with E-state index in [0.29, 0.717) is 31.0 Å². The Morgan fingerprint density at radius 2 is 1.89 bits per heavy atom. The van der Waals surface area contributed by atoms with E-state index in [4.69, 9.17) is 14.8 Å². The van der Waals surface area contributed by atoms with Gasteiger partial charge in [-0.2, -0.15) is 0 Å². The van der Waals surface area contributed by atoms with Crippen molar-refractivity contribution in [3.05, 3.63) is 77.8 Å². The Morgan fingerprint density at radius 3 is 2.53 bits per heavy atom. The van der Waals surface area contributed by atoms with Gasteiger partial charge in [-0.3, -0.25) is 0 Å². The van der Waals surface area contributed by atoms with E-state index < -0.39 is 17.7 Å². The molecule has 2 aromatic carbocycles. The number of amides is 1. The molecule has 1 amide bonds. The fourth-order valence-corrected chi connectivity index (χ4v) is 4.15. The zero-order valence-electron chi connectivity index (χ0n) is 21.1. The van der Waals surface area contributed by atoms with Crippen molar-refractivity contribution in [2.75, 3.05) is 20.3 Å². The van der Waals surface area contributed by atoms with Gasteiger partial charge in [-0.1, -0.05) is 51.1 Å². The first kappa shape index (κ1) is 27.3. The molecule has 36 heavy (non-hydrogen) atoms. The molecule has 0 spiro atoms. The van der Waals surface area contributed by atoms with Gasteiger partial charge in [-0.05, 0) is 42.1 Å². The van der Waals surface area contributed by atoms with Crippen LogP contribution in [0.3, 0.4) is 0 Å². The van der Waals surface area contributed by atoms with Crippen LogP contribution in [0, 0.1) is 17.0 Å². The summed E-state index contributed by atoms with van der Waals surface area (Å²) in [5.74, 6) is -0.402. The highest BCUT2D eigenvalue weighted by Crippen LogP contribution is 2.35. The first-order valence-electron chi connectivity index (χ1n) is 11.9. The van der Waals surface area contributed by atoms with Crippen molar-refractivity contribution >= 4 is 6.09 Å². The van der Waals surface area contributed by atoms with E-state index in [2.05, 4.69) is 31.4 Å². The smallest absolute Gasteiger partial charge is 0.404 e. The van der Waals surface area contributed by atoms with Crippen LogP contribution in [0.5, 0.6) is 0 Å². The summed E-state index contributed by atoms with van der Waals surface area (Å²) >= 11 is 0. The third-order valence-electron chi connectivity index (χ3n) is 5.87. The normalized spacial score (nSPS) is 13.4. The lowest BCUT2D eigenvalue weighted by atomic mass is 9.86. The second-order valence-corrected chi connectivity index (χ2v) is 9.87. The Bertz CT molecular complexity index is 1150. The number of imidazole rings is 1. The number of benzene rings is 2. The topological polar surface area (TPSA) is 88.4 Å². The molecule has 0 aliphatic carbocycles. The number of rotatable bonds is 11. The molecule has 3 aromatic rings. The minimum Gasteiger partial charge on any atom is -0.465 e. The number of aromatic nitrogens is 2. The summed E-state index contributed by atoms with van der Waals surface area (Å²) in [6.07, 6.45) is 1.14. The van der Waals surface area contributed by atoms with Gasteiger partial charge >= 0.3 is 6.09 Å². The van der Waals surface area contributed by atoms with E-state index in [1.807, 2.05) is 34.9 Å². The molecule has 1 heterocycles. The van der Waals surface area contributed by atoms with Crippen LogP contribution >= 0.6 is 0 Å². The fourth-order valence-electron chi connectivity index (χ4n) is 4.15. The predicted octanol–water partition coefficient (Wildman–Crippen LogP) is 5.23. The molecule has 3 N–H and O–H groups in total. The largest absolute Gasteiger partial charge is 0.465 e. The summed E-state index contributed by atoms with van der Waals surface area (Å²) in [5, 5.41) is 15.1. The van der Waals surface area contributed by atoms with Crippen LogP contribution < -0.4 is 10.6 Å². The number of ether oxygens (including phenoxy) is 1. The van der Waals surface area contributed by atoms with Crippen LogP contribution in [0.4, 0.5) is 13.6 Å². The van der Waals surface area contributed by atoms with Crippen LogP contribution in [0.15, 0.2) is 54.7 Å². The van der Waals surface area contributed by atoms with Crippen molar-refractivity contribution < 1.29 is 23.4 Å². The van der Waals surface area contributed by atoms with Gasteiger partial charge in [0.2, 0.25) is 0 Å². The van der Waals surface area contributed by atoms with Gasteiger partial charge in [0.25, 0.3) is 0 Å². The average molecular weight is 501 g/mol. The molecule has 9 heteroatoms. The van der Waals surface area contributed by atoms with Crippen molar-refractivity contribution in [2.24, 2.45) is 5.41 Å². The lowest BCUT2D eigenvalue weighted by Gasteiger charge is -2.32. The molecule has 0 saturated heterocycles. The molecular weight excluding hydrogens is 466 g/mol. The summed E-state index contributed by atoms with van der Waals surface area (Å²) < 4.78 is 35.7. The van der Waals surface area contributed by atoms with Crippen molar-refractivity contribution in [1.82, 2.24) is 20.2 Å². The molecule has 1 aromatic heterocycles. The Kier molecular flexibility index (Phi) is 9.17. The maximum Gasteiger partial charge on any atom is 0.404 e. The van der Waals surface area contributed by atoms with E-state index in [1.165, 1.54) is 7.11 Å². The number of hydrogen-bond donors (Lipinski definition) is 3. The number of carboxylic acid groups (broad SMARTS) is 1. The number of halogens is 2. The highest BCUT2D eigenvalue weighted by molar-refractivity contribution is 5.64. The maximum atomic E-state index is 14.6. The van der Waals surface area contributed by atoms with E-state index in [-0.39, 0.29) is 29.7 Å². The maximum absolute atomic E-state index is 14.6. The SMILES string of the molecule is COC[C@H](CCN[C@@H](c1nc(-c2cc(F)ccc2F)cn1Cc1ccccc1)C(C)(C)C)NC(=O)O. The Hall–Kier alpha value is -3.30. The second kappa shape index (κ2) is 12.1. The first-order valence-corrected chi connectivity index (χ1v) is 11.9. The Morgan fingerprint density at radius 1 is 1.17 bits per heavy atom. The summed E-state index contributed by atoms with van der Waals surface area (Å²) in [4.78, 5) is 15.9. The molecule has 0 saturated carbocycles. The van der Waals surface area contributed by atoms with Crippen molar-refractivity contribution in [3.63, 3.8) is 0 Å². The van der Waals surface area contributed by atoms with Gasteiger partial charge in [0.15, 0.2) is 0 Å². The number of nitrogens with one attached hydrogen (secondary N) is 2. The van der Waals surface area contributed by atoms with Crippen LogP contribution in [0.25, 0.3) is 11.3 Å². The molecule has 7 nitrogen and oxygen atoms in total. The molecule has 0 fully saturated rings. The van der Waals surface area contributed by atoms with E-state index in [0.717, 1.165) is 23.8 Å². The van der Waals surface area contributed by atoms with E-state index in [1.54, 1.807) is 6.20 Å². The zero-order valence-corrected chi connectivity index (χ0v) is 21.1. The quantitative estimate of drug-likeness (QED) is 0.336. The summed E-state index contributed by atoms with van der Waals surface area (Å²) in [6, 6.07) is 12.5. The van der Waals surface area contributed by atoms with Gasteiger partial charge < -0.3 is 25.0 Å². The zero-order chi connectivity index (χ0) is 26.3. The van der Waals surface area contributed by atoms with Crippen molar-refractivity contribution in [3.8, 4) is 11.3 Å². The van der Waals surface area contributed by atoms with Crippen LogP contribution in [-0.4, -0.2) is 47.1 Å². The number of hydrogen-bond acceptors (Lipinski definition) is 4. The molecule has 0 unspecified atom stereocenters. The minimum atomic E-state index is -1.11. The molecular formula is C27H34F2N4O3. The van der Waals surface area contributed by atoms with E-state index >= 15 is 0 Å². The monoisotopic (exact) mass is 500 g/mol. The molecule has 2 atom stereocenters. The number of nitrogens with zero attached hydrogens (tertiary/aromatic N) is 2. The van der Waals surface area contributed by atoms with Crippen molar-refractivity contribution in [2.45, 2.75) is 45.8 Å². The van der Waals surface area contributed by atoms with Crippen molar-refractivity contribution in [1.29, 1.82) is 0 Å². The first-order chi connectivity index (χ1) is 17.1. The lowest BCUT2D eigenvalue weighted by Crippen LogP contribution is -2.41. The highest BCUT2D eigenvalue weighted by Gasteiger charge is 2.31. The molecule has 0 radical (unpaired) electrons. The van der Waals surface area contributed by atoms with Gasteiger partial charge in [0, 0.05) is 25.4 Å². The Labute approximate surface area is 210 Å². The molecule has 3 rings (SSSR count). The van der Waals surface area contributed by atoms with E-state index in [9.17, 15) is 13.6 Å². The summed E-state index contributed by atoms with van der Waals surface area (Å²) in [7, 11) is 1.52. The van der Waals surface area contributed by atoms with Gasteiger partial charge in [-0.15, -0.1) is 0 Å². The number of methoxy groups -OCH3 is 1. The fraction of sp³-hybridized carbons (Fsp3) is 0.407. The average Bonchev–Trinajstić information content (AvgIpc) is 3.20. The predicted molar refractivity (Wildman–Crippen MR) is 135 cm³/mol. The summed E-state index contributed by atoms with van der Waals surface area (Å²) in [6.45, 7) is 7.43. The van der Waals surface area contributed by atoms with Gasteiger partial charge in [0.1, 0.15) is 17.5 Å². The molecule has 0 aliphatic heterocycles. The Balaban J connectivity index is 1.96. The molecule has 0 bridgehead atoms. The van der Waals surface area contributed by atoms with Gasteiger partial charge in [-0.25, -0.2) is 18.6 Å². The third-order valence-corrected chi connectivity index (χ3v) is 5.87. The van der Waals surface area contributed by atoms with Crippen LogP contribution in [0.1, 0.15) is 44.6 Å².